The van der Waals surface area contributed by atoms with Crippen LogP contribution in [0.4, 0.5) is 52.7 Å². The van der Waals surface area contributed by atoms with Gasteiger partial charge in [-0.25, -0.2) is 0 Å². The van der Waals surface area contributed by atoms with Crippen LogP contribution in [0.2, 0.25) is 0 Å². The van der Waals surface area contributed by atoms with Gasteiger partial charge in [0, 0.05) is 0 Å². The van der Waals surface area contributed by atoms with Crippen LogP contribution in [0.3, 0.4) is 0 Å². The molecule has 0 fully saturated rings. The third-order valence-corrected chi connectivity index (χ3v) is 53.6. The van der Waals surface area contributed by atoms with Crippen LogP contribution in [0.15, 0.2) is 0 Å². The summed E-state index contributed by atoms with van der Waals surface area (Å²) in [6.07, 6.45) is 0. The minimum absolute atomic E-state index is 0.926. The topological polar surface area (TPSA) is 0 Å². The predicted octanol–water partition coefficient (Wildman–Crippen LogP) is 1.77. The minimum atomic E-state index is -3.97. The number of rotatable bonds is 0. The second kappa shape index (κ2) is 9.25. The van der Waals surface area contributed by atoms with Gasteiger partial charge in [-0.05, 0) is 0 Å². The molecule has 162 valence electrons. The first-order valence-electron chi connectivity index (χ1n) is 8.89. The van der Waals surface area contributed by atoms with E-state index in [2.05, 4.69) is 0 Å². The van der Waals surface area contributed by atoms with Gasteiger partial charge in [0.15, 0.2) is 0 Å². The normalized spacial score (nSPS) is 11.6. The molecule has 0 radical (unpaired) electrons. The van der Waals surface area contributed by atoms with Gasteiger partial charge in [0.05, 0.1) is 0 Å². The molecule has 0 N–H and O–H groups in total. The van der Waals surface area contributed by atoms with Gasteiger partial charge in [0.2, 0.25) is 0 Å². The first-order valence-corrected chi connectivity index (χ1v) is 25.4. The summed E-state index contributed by atoms with van der Waals surface area (Å²) in [6.45, 7) is 0. The Hall–Kier alpha value is -0.375. The summed E-state index contributed by atoms with van der Waals surface area (Å²) in [5.41, 5.74) is 0. The van der Waals surface area contributed by atoms with Gasteiger partial charge < -0.3 is 0 Å². The standard InChI is InChI=1S/3C6F4.3Hg/c3*7-3-1-2-4(8)6(10)5(3)9;;;. The molecule has 1 aliphatic rings. The molecule has 1 aliphatic heterocycles. The Balaban J connectivity index is 2.23. The molecule has 0 bridgehead atoms. The van der Waals surface area contributed by atoms with E-state index < -0.39 is 162 Å². The van der Waals surface area contributed by atoms with Crippen molar-refractivity contribution in [3.8, 4) is 0 Å². The molecule has 1 heterocycles. The fourth-order valence-corrected chi connectivity index (χ4v) is 49.3. The molecule has 0 amide bonds. The van der Waals surface area contributed by atoms with Crippen LogP contribution in [0, 0.1) is 69.8 Å². The third-order valence-electron chi connectivity index (χ3n) is 5.48. The monoisotopic (exact) mass is 1050 g/mol. The maximum atomic E-state index is 14.6. The van der Waals surface area contributed by atoms with Crippen molar-refractivity contribution in [3.05, 3.63) is 69.8 Å². The van der Waals surface area contributed by atoms with Crippen molar-refractivity contribution in [2.75, 3.05) is 0 Å². The Bertz CT molecular complexity index is 1110. The van der Waals surface area contributed by atoms with E-state index in [4.69, 9.17) is 0 Å². The van der Waals surface area contributed by atoms with E-state index in [1.54, 1.807) is 0 Å². The Morgan fingerprint density at radius 1 is 0.212 bits per heavy atom. The third kappa shape index (κ3) is 3.97. The van der Waals surface area contributed by atoms with Crippen molar-refractivity contribution >= 4 is 18.4 Å². The summed E-state index contributed by atoms with van der Waals surface area (Å²) >= 11 is -11.9. The molecule has 0 nitrogen and oxygen atoms in total. The zero-order valence-corrected chi connectivity index (χ0v) is 32.2. The summed E-state index contributed by atoms with van der Waals surface area (Å²) < 4.78 is 166. The SMILES string of the molecule is Fc1c(F)c(F)[c]2[c](c1F)[Hg][c]1c(F)c(F)c(F)c(F)[c]1[Hg][c]1c(F)c(F)c(F)c(F)[c]1[Hg]2. The van der Waals surface area contributed by atoms with Crippen LogP contribution in [0.25, 0.3) is 0 Å². The van der Waals surface area contributed by atoms with Gasteiger partial charge in [-0.2, -0.15) is 0 Å². The number of benzene rings is 3. The quantitative estimate of drug-likeness (QED) is 0.109. The van der Waals surface area contributed by atoms with Crippen molar-refractivity contribution in [3.63, 3.8) is 0 Å². The molecule has 4 rings (SSSR count). The molecule has 0 saturated carbocycles. The van der Waals surface area contributed by atoms with E-state index >= 15 is 0 Å². The molecule has 0 aliphatic carbocycles. The molecule has 0 atom stereocenters. The molecule has 3 aromatic carbocycles. The summed E-state index contributed by atoms with van der Waals surface area (Å²) in [6, 6.07) is 0. The van der Waals surface area contributed by atoms with E-state index in [-0.39, 0.29) is 0 Å². The van der Waals surface area contributed by atoms with E-state index in [1.165, 1.54) is 0 Å². The second-order valence-corrected chi connectivity index (χ2v) is 27.8. The average molecular weight is 1050 g/mol. The first kappa shape index (κ1) is 25.7. The Labute approximate surface area is 212 Å². The molecule has 0 unspecified atom stereocenters. The van der Waals surface area contributed by atoms with Crippen LogP contribution in [-0.2, 0) is 73.7 Å². The molecular formula is C18F12Hg3. The number of hydrogen-bond acceptors (Lipinski definition) is 0. The molecule has 0 saturated heterocycles. The van der Waals surface area contributed by atoms with Gasteiger partial charge in [-0.1, -0.05) is 0 Å². The summed E-state index contributed by atoms with van der Waals surface area (Å²) in [4.78, 5) is 0. The van der Waals surface area contributed by atoms with Crippen LogP contribution < -0.4 is 18.4 Å². The number of hydrogen-bond donors (Lipinski definition) is 0. The van der Waals surface area contributed by atoms with E-state index in [9.17, 15) is 52.7 Å². The molecule has 15 heteroatoms. The average Bonchev–Trinajstić information content (AvgIpc) is 2.87. The van der Waals surface area contributed by atoms with E-state index in [0.717, 1.165) is 0 Å². The van der Waals surface area contributed by atoms with Crippen molar-refractivity contribution in [1.82, 2.24) is 0 Å². The number of halogens is 12. The van der Waals surface area contributed by atoms with Crippen molar-refractivity contribution < 1.29 is 126 Å². The fraction of sp³-hybridized carbons (Fsp3) is 0. The molecule has 0 spiro atoms. The van der Waals surface area contributed by atoms with E-state index in [0.29, 0.717) is 0 Å². The maximum absolute atomic E-state index is 14.6. The summed E-state index contributed by atoms with van der Waals surface area (Å²) in [5.74, 6) is -25.9. The van der Waals surface area contributed by atoms with Gasteiger partial charge in [-0.3, -0.25) is 0 Å². The summed E-state index contributed by atoms with van der Waals surface area (Å²) in [5, 5.41) is 0. The zero-order valence-electron chi connectivity index (χ0n) is 15.7. The van der Waals surface area contributed by atoms with E-state index in [1.807, 2.05) is 0 Å². The Kier molecular flexibility index (Phi) is 7.21. The van der Waals surface area contributed by atoms with Gasteiger partial charge in [0.25, 0.3) is 0 Å². The van der Waals surface area contributed by atoms with Crippen LogP contribution in [0.5, 0.6) is 0 Å². The molecular weight excluding hydrogens is 1050 g/mol. The van der Waals surface area contributed by atoms with Crippen molar-refractivity contribution in [2.24, 2.45) is 0 Å². The van der Waals surface area contributed by atoms with Crippen molar-refractivity contribution in [1.29, 1.82) is 0 Å². The number of fused-ring (bicyclic) bond motifs is 3. The summed E-state index contributed by atoms with van der Waals surface area (Å²) in [7, 11) is 0. The molecule has 3 aromatic rings. The van der Waals surface area contributed by atoms with Crippen LogP contribution in [0.1, 0.15) is 0 Å². The first-order chi connectivity index (χ1) is 15.4. The van der Waals surface area contributed by atoms with Gasteiger partial charge in [-0.15, -0.1) is 0 Å². The molecule has 0 aromatic heterocycles. The fourth-order valence-electron chi connectivity index (χ4n) is 3.80. The van der Waals surface area contributed by atoms with Crippen LogP contribution >= 0.6 is 0 Å². The van der Waals surface area contributed by atoms with Crippen molar-refractivity contribution in [2.45, 2.75) is 0 Å². The Morgan fingerprint density at radius 2 is 0.333 bits per heavy atom. The van der Waals surface area contributed by atoms with Crippen LogP contribution in [-0.4, -0.2) is 0 Å². The van der Waals surface area contributed by atoms with Gasteiger partial charge >= 0.3 is 215 Å². The zero-order chi connectivity index (χ0) is 24.5. The Morgan fingerprint density at radius 3 is 0.455 bits per heavy atom. The predicted molar refractivity (Wildman–Crippen MR) is 76.6 cm³/mol. The van der Waals surface area contributed by atoms with Gasteiger partial charge in [0.1, 0.15) is 0 Å². The molecule has 33 heavy (non-hydrogen) atoms. The second-order valence-electron chi connectivity index (χ2n) is 7.17.